The van der Waals surface area contributed by atoms with E-state index in [-0.39, 0.29) is 16.6 Å². The molecule has 0 aliphatic carbocycles. The van der Waals surface area contributed by atoms with Crippen LogP contribution in [0.2, 0.25) is 0 Å². The first-order valence-electron chi connectivity index (χ1n) is 6.51. The lowest BCUT2D eigenvalue weighted by molar-refractivity contribution is -0.143. The predicted octanol–water partition coefficient (Wildman–Crippen LogP) is 1.75. The first-order chi connectivity index (χ1) is 9.69. The quantitative estimate of drug-likeness (QED) is 0.863. The normalized spacial score (nSPS) is 23.4. The summed E-state index contributed by atoms with van der Waals surface area (Å²) >= 11 is 3.12. The SMILES string of the molecule is CC1CN(c2cnn(CC(F)(F)F)c(=O)c2Br)C(C)CN1. The molecular formula is C12H16BrF3N4O. The molecule has 1 N–H and O–H groups in total. The van der Waals surface area contributed by atoms with Gasteiger partial charge in [0.05, 0.1) is 11.9 Å². The Balaban J connectivity index is 2.34. The summed E-state index contributed by atoms with van der Waals surface area (Å²) < 4.78 is 37.7. The van der Waals surface area contributed by atoms with Crippen molar-refractivity contribution in [3.63, 3.8) is 0 Å². The number of anilines is 1. The largest absolute Gasteiger partial charge is 0.408 e. The zero-order chi connectivity index (χ0) is 15.8. The van der Waals surface area contributed by atoms with Crippen molar-refractivity contribution >= 4 is 21.6 Å². The smallest absolute Gasteiger partial charge is 0.364 e. The van der Waals surface area contributed by atoms with E-state index in [0.29, 0.717) is 16.9 Å². The van der Waals surface area contributed by atoms with E-state index in [0.717, 1.165) is 6.54 Å². The van der Waals surface area contributed by atoms with Gasteiger partial charge in [-0.3, -0.25) is 4.79 Å². The minimum Gasteiger partial charge on any atom is -0.364 e. The minimum absolute atomic E-state index is 0.114. The van der Waals surface area contributed by atoms with Crippen molar-refractivity contribution in [2.24, 2.45) is 0 Å². The monoisotopic (exact) mass is 368 g/mol. The fourth-order valence-electron chi connectivity index (χ4n) is 2.30. The van der Waals surface area contributed by atoms with Crippen LogP contribution in [-0.2, 0) is 6.54 Å². The second-order valence-corrected chi connectivity index (χ2v) is 6.03. The summed E-state index contributed by atoms with van der Waals surface area (Å²) in [5.74, 6) is 0. The Bertz CT molecular complexity index is 575. The van der Waals surface area contributed by atoms with Gasteiger partial charge in [-0.1, -0.05) is 0 Å². The Morgan fingerprint density at radius 1 is 1.48 bits per heavy atom. The third kappa shape index (κ3) is 3.76. The van der Waals surface area contributed by atoms with Crippen LogP contribution < -0.4 is 15.8 Å². The second kappa shape index (κ2) is 5.96. The molecule has 1 saturated heterocycles. The molecule has 2 heterocycles. The van der Waals surface area contributed by atoms with Crippen LogP contribution in [0.25, 0.3) is 0 Å². The third-order valence-electron chi connectivity index (χ3n) is 3.37. The molecule has 0 saturated carbocycles. The second-order valence-electron chi connectivity index (χ2n) is 5.23. The number of piperazine rings is 1. The van der Waals surface area contributed by atoms with Gasteiger partial charge < -0.3 is 10.2 Å². The lowest BCUT2D eigenvalue weighted by Gasteiger charge is -2.39. The average molecular weight is 369 g/mol. The summed E-state index contributed by atoms with van der Waals surface area (Å²) in [4.78, 5) is 14.0. The van der Waals surface area contributed by atoms with Crippen molar-refractivity contribution in [2.75, 3.05) is 18.0 Å². The molecule has 0 radical (unpaired) electrons. The molecule has 0 spiro atoms. The van der Waals surface area contributed by atoms with E-state index >= 15 is 0 Å². The van der Waals surface area contributed by atoms with Crippen LogP contribution in [0.4, 0.5) is 18.9 Å². The zero-order valence-electron chi connectivity index (χ0n) is 11.6. The Morgan fingerprint density at radius 3 is 2.76 bits per heavy atom. The Morgan fingerprint density at radius 2 is 2.14 bits per heavy atom. The van der Waals surface area contributed by atoms with E-state index in [2.05, 4.69) is 26.3 Å². The lowest BCUT2D eigenvalue weighted by Crippen LogP contribution is -2.55. The number of hydrogen-bond acceptors (Lipinski definition) is 4. The standard InChI is InChI=1S/C12H16BrF3N4O/c1-7-5-19(8(2)3-17-7)9-4-18-20(6-12(14,15)16)11(21)10(9)13/h4,7-8,17H,3,5-6H2,1-2H3. The van der Waals surface area contributed by atoms with Crippen LogP contribution in [0.1, 0.15) is 13.8 Å². The predicted molar refractivity (Wildman–Crippen MR) is 76.5 cm³/mol. The molecule has 21 heavy (non-hydrogen) atoms. The van der Waals surface area contributed by atoms with Crippen molar-refractivity contribution < 1.29 is 13.2 Å². The van der Waals surface area contributed by atoms with Crippen molar-refractivity contribution in [1.29, 1.82) is 0 Å². The van der Waals surface area contributed by atoms with Crippen LogP contribution in [0.5, 0.6) is 0 Å². The number of nitrogens with zero attached hydrogens (tertiary/aromatic N) is 3. The Hall–Kier alpha value is -1.09. The highest BCUT2D eigenvalue weighted by Crippen LogP contribution is 2.26. The highest BCUT2D eigenvalue weighted by atomic mass is 79.9. The van der Waals surface area contributed by atoms with Gasteiger partial charge in [-0.05, 0) is 29.8 Å². The molecule has 1 aliphatic rings. The van der Waals surface area contributed by atoms with Gasteiger partial charge in [-0.15, -0.1) is 0 Å². The van der Waals surface area contributed by atoms with Crippen molar-refractivity contribution in [3.05, 3.63) is 21.0 Å². The molecule has 2 rings (SSSR count). The van der Waals surface area contributed by atoms with Gasteiger partial charge in [0.15, 0.2) is 0 Å². The number of halogens is 4. The molecule has 1 aromatic rings. The van der Waals surface area contributed by atoms with Crippen LogP contribution in [-0.4, -0.2) is 41.1 Å². The van der Waals surface area contributed by atoms with Gasteiger partial charge in [0.25, 0.3) is 5.56 Å². The highest BCUT2D eigenvalue weighted by Gasteiger charge is 2.31. The maximum absolute atomic E-state index is 12.4. The summed E-state index contributed by atoms with van der Waals surface area (Å²) in [7, 11) is 0. The molecule has 1 fully saturated rings. The summed E-state index contributed by atoms with van der Waals surface area (Å²) in [5.41, 5.74) is -0.248. The van der Waals surface area contributed by atoms with E-state index in [1.54, 1.807) is 0 Å². The van der Waals surface area contributed by atoms with Crippen molar-refractivity contribution in [1.82, 2.24) is 15.1 Å². The van der Waals surface area contributed by atoms with Crippen LogP contribution in [0.3, 0.4) is 0 Å². The van der Waals surface area contributed by atoms with Gasteiger partial charge in [-0.25, -0.2) is 4.68 Å². The Kier molecular flexibility index (Phi) is 4.62. The molecular weight excluding hydrogens is 353 g/mol. The first kappa shape index (κ1) is 16.3. The minimum atomic E-state index is -4.48. The maximum Gasteiger partial charge on any atom is 0.408 e. The molecule has 1 aromatic heterocycles. The number of hydrogen-bond donors (Lipinski definition) is 1. The summed E-state index contributed by atoms with van der Waals surface area (Å²) in [5, 5.41) is 6.95. The van der Waals surface area contributed by atoms with E-state index in [9.17, 15) is 18.0 Å². The van der Waals surface area contributed by atoms with E-state index in [1.807, 2.05) is 18.7 Å². The molecule has 0 aromatic carbocycles. The third-order valence-corrected chi connectivity index (χ3v) is 4.11. The van der Waals surface area contributed by atoms with Gasteiger partial charge >= 0.3 is 6.18 Å². The Labute approximate surface area is 128 Å². The molecule has 0 bridgehead atoms. The molecule has 2 atom stereocenters. The molecule has 9 heteroatoms. The maximum atomic E-state index is 12.4. The molecule has 0 amide bonds. The molecule has 5 nitrogen and oxygen atoms in total. The first-order valence-corrected chi connectivity index (χ1v) is 7.30. The molecule has 2 unspecified atom stereocenters. The fraction of sp³-hybridized carbons (Fsp3) is 0.667. The van der Waals surface area contributed by atoms with E-state index < -0.39 is 18.3 Å². The number of alkyl halides is 3. The average Bonchev–Trinajstić information content (AvgIpc) is 2.37. The van der Waals surface area contributed by atoms with Gasteiger partial charge in [-0.2, -0.15) is 18.3 Å². The summed E-state index contributed by atoms with van der Waals surface area (Å²) in [6.45, 7) is 3.99. The summed E-state index contributed by atoms with van der Waals surface area (Å²) in [6, 6.07) is 0.350. The van der Waals surface area contributed by atoms with Gasteiger partial charge in [0.2, 0.25) is 0 Å². The highest BCUT2D eigenvalue weighted by molar-refractivity contribution is 9.10. The van der Waals surface area contributed by atoms with Gasteiger partial charge in [0, 0.05) is 25.2 Å². The molecule has 118 valence electrons. The topological polar surface area (TPSA) is 50.2 Å². The van der Waals surface area contributed by atoms with E-state index in [1.165, 1.54) is 6.20 Å². The molecule has 1 aliphatic heterocycles. The number of rotatable bonds is 2. The van der Waals surface area contributed by atoms with Crippen molar-refractivity contribution in [2.45, 2.75) is 38.7 Å². The summed E-state index contributed by atoms with van der Waals surface area (Å²) in [6.07, 6.45) is -3.17. The van der Waals surface area contributed by atoms with Crippen LogP contribution >= 0.6 is 15.9 Å². The zero-order valence-corrected chi connectivity index (χ0v) is 13.2. The van der Waals surface area contributed by atoms with E-state index in [4.69, 9.17) is 0 Å². The van der Waals surface area contributed by atoms with Crippen molar-refractivity contribution in [3.8, 4) is 0 Å². The fourth-order valence-corrected chi connectivity index (χ4v) is 2.83. The van der Waals surface area contributed by atoms with Crippen LogP contribution in [0, 0.1) is 0 Å². The number of aromatic nitrogens is 2. The van der Waals surface area contributed by atoms with Crippen LogP contribution in [0.15, 0.2) is 15.5 Å². The van der Waals surface area contributed by atoms with Gasteiger partial charge in [0.1, 0.15) is 11.0 Å². The number of nitrogens with one attached hydrogen (secondary N) is 1. The lowest BCUT2D eigenvalue weighted by atomic mass is 10.1.